The van der Waals surface area contributed by atoms with Gasteiger partial charge < -0.3 is 5.32 Å². The van der Waals surface area contributed by atoms with Crippen molar-refractivity contribution in [2.45, 2.75) is 13.0 Å². The molecule has 5 heteroatoms. The summed E-state index contributed by atoms with van der Waals surface area (Å²) < 4.78 is 0. The summed E-state index contributed by atoms with van der Waals surface area (Å²) in [7, 11) is 0. The van der Waals surface area contributed by atoms with Gasteiger partial charge >= 0.3 is 0 Å². The molecular formula is C10H13N3OS. The zero-order chi connectivity index (χ0) is 11.1. The quantitative estimate of drug-likeness (QED) is 0.403. The Hall–Kier alpha value is -1.62. The van der Waals surface area contributed by atoms with Crippen LogP contribution in [0, 0.1) is 0 Å². The first-order valence-electron chi connectivity index (χ1n) is 4.54. The highest BCUT2D eigenvalue weighted by atomic mass is 32.1. The molecule has 0 fully saturated rings. The third kappa shape index (κ3) is 3.95. The molecule has 15 heavy (non-hydrogen) atoms. The predicted molar refractivity (Wildman–Crippen MR) is 62.9 cm³/mol. The minimum atomic E-state index is 0.0969. The van der Waals surface area contributed by atoms with Gasteiger partial charge in [0.2, 0.25) is 6.41 Å². The lowest BCUT2D eigenvalue weighted by molar-refractivity contribution is -0.110. The predicted octanol–water partition coefficient (Wildman–Crippen LogP) is 0.873. The Morgan fingerprint density at radius 1 is 1.40 bits per heavy atom. The second-order valence-corrected chi connectivity index (χ2v) is 3.40. The van der Waals surface area contributed by atoms with Crippen LogP contribution in [0.25, 0.3) is 0 Å². The van der Waals surface area contributed by atoms with Crippen LogP contribution in [0.3, 0.4) is 0 Å². The minimum absolute atomic E-state index is 0.0969. The first kappa shape index (κ1) is 11.5. The molecule has 0 aliphatic rings. The first-order valence-corrected chi connectivity index (χ1v) is 4.95. The van der Waals surface area contributed by atoms with E-state index < -0.39 is 0 Å². The van der Waals surface area contributed by atoms with Crippen LogP contribution in [0.1, 0.15) is 18.5 Å². The lowest BCUT2D eigenvalue weighted by atomic mass is 10.1. The molecule has 3 N–H and O–H groups in total. The van der Waals surface area contributed by atoms with Crippen LogP contribution in [0.5, 0.6) is 0 Å². The number of amides is 1. The van der Waals surface area contributed by atoms with Crippen LogP contribution in [0.4, 0.5) is 0 Å². The average molecular weight is 223 g/mol. The Labute approximate surface area is 94.0 Å². The van der Waals surface area contributed by atoms with Gasteiger partial charge in [0, 0.05) is 0 Å². The summed E-state index contributed by atoms with van der Waals surface area (Å²) in [4.78, 5) is 10.0. The molecule has 80 valence electrons. The highest BCUT2D eigenvalue weighted by molar-refractivity contribution is 7.80. The van der Waals surface area contributed by atoms with E-state index in [1.54, 1.807) is 0 Å². The van der Waals surface area contributed by atoms with Gasteiger partial charge in [-0.1, -0.05) is 30.3 Å². The van der Waals surface area contributed by atoms with Gasteiger partial charge in [-0.3, -0.25) is 15.6 Å². The maximum absolute atomic E-state index is 10.0. The standard InChI is InChI=1S/C10H13N3OS/c1-8(9-5-3-2-4-6-9)12-10(15)13-11-7-14/h2-8H,1H3,(H,11,14)(H2,12,13,15). The second-order valence-electron chi connectivity index (χ2n) is 2.99. The first-order chi connectivity index (χ1) is 7.24. The lowest BCUT2D eigenvalue weighted by Gasteiger charge is -2.16. The normalized spacial score (nSPS) is 11.3. The summed E-state index contributed by atoms with van der Waals surface area (Å²) in [6, 6.07) is 10.0. The molecule has 0 spiro atoms. The Balaban J connectivity index is 2.45. The number of carbonyl (C=O) groups is 1. The summed E-state index contributed by atoms with van der Waals surface area (Å²) in [5.41, 5.74) is 5.94. The van der Waals surface area contributed by atoms with E-state index in [4.69, 9.17) is 12.2 Å². The molecule has 0 radical (unpaired) electrons. The van der Waals surface area contributed by atoms with Gasteiger partial charge in [-0.05, 0) is 24.7 Å². The largest absolute Gasteiger partial charge is 0.355 e. The molecule has 1 atom stereocenters. The van der Waals surface area contributed by atoms with Crippen molar-refractivity contribution in [1.82, 2.24) is 16.2 Å². The van der Waals surface area contributed by atoms with Gasteiger partial charge in [0.15, 0.2) is 5.11 Å². The van der Waals surface area contributed by atoms with Gasteiger partial charge in [-0.25, -0.2) is 0 Å². The topological polar surface area (TPSA) is 53.2 Å². The van der Waals surface area contributed by atoms with E-state index in [0.29, 0.717) is 11.5 Å². The van der Waals surface area contributed by atoms with Crippen molar-refractivity contribution in [2.24, 2.45) is 0 Å². The Morgan fingerprint density at radius 3 is 2.67 bits per heavy atom. The third-order valence-corrected chi connectivity index (χ3v) is 2.11. The maximum Gasteiger partial charge on any atom is 0.225 e. The van der Waals surface area contributed by atoms with Crippen molar-refractivity contribution in [3.63, 3.8) is 0 Å². The summed E-state index contributed by atoms with van der Waals surface area (Å²) in [5.74, 6) is 0. The molecule has 4 nitrogen and oxygen atoms in total. The fraction of sp³-hybridized carbons (Fsp3) is 0.200. The van der Waals surface area contributed by atoms with E-state index >= 15 is 0 Å². The number of benzene rings is 1. The second kappa shape index (κ2) is 5.98. The van der Waals surface area contributed by atoms with E-state index in [-0.39, 0.29) is 6.04 Å². The summed E-state index contributed by atoms with van der Waals surface area (Å²) in [6.07, 6.45) is 0.529. The molecule has 0 saturated heterocycles. The van der Waals surface area contributed by atoms with Crippen LogP contribution in [0.15, 0.2) is 30.3 Å². The molecule has 0 heterocycles. The molecule has 1 aromatic carbocycles. The SMILES string of the molecule is CC(NC(=S)NNC=O)c1ccccc1. The van der Waals surface area contributed by atoms with Crippen molar-refractivity contribution >= 4 is 23.7 Å². The monoisotopic (exact) mass is 223 g/mol. The average Bonchev–Trinajstić information content (AvgIpc) is 2.27. The van der Waals surface area contributed by atoms with Crippen molar-refractivity contribution in [1.29, 1.82) is 0 Å². The van der Waals surface area contributed by atoms with E-state index in [2.05, 4.69) is 16.2 Å². The fourth-order valence-corrected chi connectivity index (χ4v) is 1.39. The Bertz CT molecular complexity index is 329. The van der Waals surface area contributed by atoms with Gasteiger partial charge in [0.05, 0.1) is 6.04 Å². The Kier molecular flexibility index (Phi) is 4.56. The molecule has 1 amide bonds. The molecule has 0 aromatic heterocycles. The number of nitrogens with one attached hydrogen (secondary N) is 3. The third-order valence-electron chi connectivity index (χ3n) is 1.89. The molecular weight excluding hydrogens is 210 g/mol. The molecule has 0 bridgehead atoms. The van der Waals surface area contributed by atoms with Crippen LogP contribution in [-0.4, -0.2) is 11.5 Å². The lowest BCUT2D eigenvalue weighted by Crippen LogP contribution is -2.44. The zero-order valence-electron chi connectivity index (χ0n) is 8.36. The van der Waals surface area contributed by atoms with Crippen LogP contribution >= 0.6 is 12.2 Å². The van der Waals surface area contributed by atoms with Crippen molar-refractivity contribution in [2.75, 3.05) is 0 Å². The number of hydrazine groups is 1. The fourth-order valence-electron chi connectivity index (χ4n) is 1.15. The summed E-state index contributed by atoms with van der Waals surface area (Å²) >= 11 is 4.95. The van der Waals surface area contributed by atoms with Gasteiger partial charge in [-0.2, -0.15) is 0 Å². The van der Waals surface area contributed by atoms with Crippen molar-refractivity contribution in [3.8, 4) is 0 Å². The highest BCUT2D eigenvalue weighted by Crippen LogP contribution is 2.10. The number of hydrogen-bond acceptors (Lipinski definition) is 2. The van der Waals surface area contributed by atoms with Gasteiger partial charge in [0.25, 0.3) is 0 Å². The van der Waals surface area contributed by atoms with Crippen molar-refractivity contribution in [3.05, 3.63) is 35.9 Å². The van der Waals surface area contributed by atoms with Crippen LogP contribution < -0.4 is 16.2 Å². The molecule has 0 aliphatic carbocycles. The minimum Gasteiger partial charge on any atom is -0.355 e. The van der Waals surface area contributed by atoms with Crippen molar-refractivity contribution < 1.29 is 4.79 Å². The van der Waals surface area contributed by atoms with E-state index in [1.165, 1.54) is 0 Å². The van der Waals surface area contributed by atoms with Gasteiger partial charge in [-0.15, -0.1) is 0 Å². The number of thiocarbonyl (C=S) groups is 1. The van der Waals surface area contributed by atoms with E-state index in [9.17, 15) is 4.79 Å². The Morgan fingerprint density at radius 2 is 2.07 bits per heavy atom. The smallest absolute Gasteiger partial charge is 0.225 e. The molecule has 0 aliphatic heterocycles. The summed E-state index contributed by atoms with van der Waals surface area (Å²) in [6.45, 7) is 1.99. The summed E-state index contributed by atoms with van der Waals surface area (Å²) in [5, 5.41) is 3.42. The maximum atomic E-state index is 10.0. The van der Waals surface area contributed by atoms with Gasteiger partial charge in [0.1, 0.15) is 0 Å². The highest BCUT2D eigenvalue weighted by Gasteiger charge is 2.04. The van der Waals surface area contributed by atoms with E-state index in [1.807, 2.05) is 37.3 Å². The number of hydrogen-bond donors (Lipinski definition) is 3. The molecule has 0 saturated carbocycles. The molecule has 1 aromatic rings. The molecule has 1 unspecified atom stereocenters. The van der Waals surface area contributed by atoms with Crippen LogP contribution in [-0.2, 0) is 4.79 Å². The number of carbonyl (C=O) groups excluding carboxylic acids is 1. The molecule has 1 rings (SSSR count). The van der Waals surface area contributed by atoms with Crippen LogP contribution in [0.2, 0.25) is 0 Å². The zero-order valence-corrected chi connectivity index (χ0v) is 9.17. The number of rotatable bonds is 4. The van der Waals surface area contributed by atoms with E-state index in [0.717, 1.165) is 5.56 Å².